The van der Waals surface area contributed by atoms with Crippen LogP contribution in [0.5, 0.6) is 0 Å². The second-order valence-corrected chi connectivity index (χ2v) is 6.71. The Hall–Kier alpha value is -1.82. The largest absolute Gasteiger partial charge is 0.373 e. The molecule has 132 valence electrons. The van der Waals surface area contributed by atoms with E-state index in [1.165, 1.54) is 6.07 Å². The number of pyridine rings is 1. The molecule has 25 heavy (non-hydrogen) atoms. The Morgan fingerprint density at radius 3 is 2.88 bits per heavy atom. The molecule has 1 aromatic carbocycles. The lowest BCUT2D eigenvalue weighted by molar-refractivity contribution is -0.119. The molecule has 2 aromatic rings. The Morgan fingerprint density at radius 2 is 2.04 bits per heavy atom. The fraction of sp³-hybridized carbons (Fsp3) is 0.450. The van der Waals surface area contributed by atoms with Gasteiger partial charge in [0.2, 0.25) is 0 Å². The minimum Gasteiger partial charge on any atom is -0.373 e. The monoisotopic (exact) mass is 342 g/mol. The first-order chi connectivity index (χ1) is 12.3. The minimum atomic E-state index is -0.133. The van der Waals surface area contributed by atoms with Crippen molar-refractivity contribution in [3.05, 3.63) is 65.7 Å². The maximum absolute atomic E-state index is 14.0. The molecule has 1 saturated heterocycles. The Labute approximate surface area is 147 Å². The number of aromatic nitrogens is 1. The summed E-state index contributed by atoms with van der Waals surface area (Å²) in [6.45, 7) is 2.64. The highest BCUT2D eigenvalue weighted by molar-refractivity contribution is 5.17. The first kappa shape index (κ1) is 16.6. The minimum absolute atomic E-state index is 0.0595. The van der Waals surface area contributed by atoms with Crippen LogP contribution in [0.2, 0.25) is 0 Å². The summed E-state index contributed by atoms with van der Waals surface area (Å²) in [5.74, 6) is -0.133. The number of benzene rings is 1. The molecular formula is C20H23FN2O2. The summed E-state index contributed by atoms with van der Waals surface area (Å²) in [4.78, 5) is 6.65. The van der Waals surface area contributed by atoms with Gasteiger partial charge in [-0.2, -0.15) is 0 Å². The van der Waals surface area contributed by atoms with Gasteiger partial charge in [-0.1, -0.05) is 24.3 Å². The summed E-state index contributed by atoms with van der Waals surface area (Å²) in [6, 6.07) is 13.2. The SMILES string of the molecule is Fc1ccccc1CN1CCO[C@H]2[C@@H](OCc3ccccn3)CC[C@@H]21. The molecule has 2 heterocycles. The van der Waals surface area contributed by atoms with Gasteiger partial charge in [0.15, 0.2) is 0 Å². The van der Waals surface area contributed by atoms with E-state index in [2.05, 4.69) is 9.88 Å². The van der Waals surface area contributed by atoms with Crippen molar-refractivity contribution in [3.63, 3.8) is 0 Å². The highest BCUT2D eigenvalue weighted by Crippen LogP contribution is 2.33. The van der Waals surface area contributed by atoms with Crippen molar-refractivity contribution in [3.8, 4) is 0 Å². The maximum Gasteiger partial charge on any atom is 0.127 e. The molecule has 1 aromatic heterocycles. The summed E-state index contributed by atoms with van der Waals surface area (Å²) in [6.07, 6.45) is 3.91. The van der Waals surface area contributed by atoms with Gasteiger partial charge in [0.25, 0.3) is 0 Å². The zero-order valence-electron chi connectivity index (χ0n) is 14.2. The van der Waals surface area contributed by atoms with Crippen molar-refractivity contribution >= 4 is 0 Å². The average Bonchev–Trinajstić information content (AvgIpc) is 3.07. The van der Waals surface area contributed by atoms with Crippen LogP contribution in [0.3, 0.4) is 0 Å². The van der Waals surface area contributed by atoms with E-state index in [1.807, 2.05) is 30.3 Å². The van der Waals surface area contributed by atoms with Gasteiger partial charge in [0.1, 0.15) is 5.82 Å². The summed E-state index contributed by atoms with van der Waals surface area (Å²) >= 11 is 0. The van der Waals surface area contributed by atoms with Crippen LogP contribution < -0.4 is 0 Å². The van der Waals surface area contributed by atoms with Crippen LogP contribution >= 0.6 is 0 Å². The molecule has 0 amide bonds. The molecule has 1 aliphatic carbocycles. The van der Waals surface area contributed by atoms with Gasteiger partial charge >= 0.3 is 0 Å². The van der Waals surface area contributed by atoms with Crippen molar-refractivity contribution in [2.45, 2.75) is 44.2 Å². The van der Waals surface area contributed by atoms with Crippen LogP contribution in [0.25, 0.3) is 0 Å². The number of hydrogen-bond acceptors (Lipinski definition) is 4. The van der Waals surface area contributed by atoms with E-state index in [0.29, 0.717) is 25.8 Å². The molecule has 0 unspecified atom stereocenters. The van der Waals surface area contributed by atoms with E-state index >= 15 is 0 Å². The van der Waals surface area contributed by atoms with E-state index in [9.17, 15) is 4.39 Å². The first-order valence-electron chi connectivity index (χ1n) is 8.92. The molecule has 4 nitrogen and oxygen atoms in total. The molecule has 0 radical (unpaired) electrons. The molecule has 4 rings (SSSR count). The number of morpholine rings is 1. The van der Waals surface area contributed by atoms with E-state index in [0.717, 1.165) is 30.6 Å². The molecule has 0 bridgehead atoms. The van der Waals surface area contributed by atoms with Crippen molar-refractivity contribution < 1.29 is 13.9 Å². The van der Waals surface area contributed by atoms with Crippen LogP contribution in [-0.4, -0.2) is 41.3 Å². The van der Waals surface area contributed by atoms with Crippen LogP contribution in [0.1, 0.15) is 24.1 Å². The molecule has 5 heteroatoms. The average molecular weight is 342 g/mol. The topological polar surface area (TPSA) is 34.6 Å². The smallest absolute Gasteiger partial charge is 0.127 e. The third-order valence-electron chi connectivity index (χ3n) is 5.15. The van der Waals surface area contributed by atoms with Gasteiger partial charge in [0, 0.05) is 30.9 Å². The normalized spacial score (nSPS) is 26.5. The van der Waals surface area contributed by atoms with Crippen molar-refractivity contribution in [1.29, 1.82) is 0 Å². The molecule has 2 aliphatic rings. The molecule has 0 spiro atoms. The van der Waals surface area contributed by atoms with Crippen molar-refractivity contribution in [2.24, 2.45) is 0 Å². The standard InChI is InChI=1S/C20H23FN2O2/c21-17-7-2-1-5-15(17)13-23-11-12-24-20-18(23)8-9-19(20)25-14-16-6-3-4-10-22-16/h1-7,10,18-20H,8-9,11-14H2/t18-,19-,20+/m0/s1. The Kier molecular flexibility index (Phi) is 5.06. The fourth-order valence-corrected chi connectivity index (χ4v) is 3.89. The van der Waals surface area contributed by atoms with Crippen molar-refractivity contribution in [1.82, 2.24) is 9.88 Å². The van der Waals surface area contributed by atoms with E-state index in [1.54, 1.807) is 12.3 Å². The number of fused-ring (bicyclic) bond motifs is 1. The van der Waals surface area contributed by atoms with E-state index in [-0.39, 0.29) is 18.0 Å². The predicted molar refractivity (Wildman–Crippen MR) is 92.4 cm³/mol. The molecular weight excluding hydrogens is 319 g/mol. The van der Waals surface area contributed by atoms with Gasteiger partial charge in [-0.25, -0.2) is 4.39 Å². The molecule has 0 N–H and O–H groups in total. The zero-order valence-corrected chi connectivity index (χ0v) is 14.2. The Balaban J connectivity index is 1.39. The molecule has 1 saturated carbocycles. The van der Waals surface area contributed by atoms with Gasteiger partial charge in [0.05, 0.1) is 31.1 Å². The second kappa shape index (κ2) is 7.60. The number of rotatable bonds is 5. The van der Waals surface area contributed by atoms with Gasteiger partial charge in [-0.15, -0.1) is 0 Å². The lowest BCUT2D eigenvalue weighted by Crippen LogP contribution is -2.51. The quantitative estimate of drug-likeness (QED) is 0.836. The lowest BCUT2D eigenvalue weighted by Gasteiger charge is -2.39. The highest BCUT2D eigenvalue weighted by atomic mass is 19.1. The van der Waals surface area contributed by atoms with Crippen molar-refractivity contribution in [2.75, 3.05) is 13.2 Å². The summed E-state index contributed by atoms with van der Waals surface area (Å²) in [5, 5.41) is 0. The van der Waals surface area contributed by atoms with Gasteiger partial charge in [-0.3, -0.25) is 9.88 Å². The summed E-state index contributed by atoms with van der Waals surface area (Å²) in [7, 11) is 0. The highest BCUT2D eigenvalue weighted by Gasteiger charge is 2.43. The number of nitrogens with zero attached hydrogens (tertiary/aromatic N) is 2. The lowest BCUT2D eigenvalue weighted by atomic mass is 10.1. The van der Waals surface area contributed by atoms with Crippen LogP contribution in [0, 0.1) is 5.82 Å². The van der Waals surface area contributed by atoms with Crippen LogP contribution in [0.4, 0.5) is 4.39 Å². The molecule has 3 atom stereocenters. The maximum atomic E-state index is 14.0. The van der Waals surface area contributed by atoms with Gasteiger partial charge in [-0.05, 0) is 31.0 Å². The third-order valence-corrected chi connectivity index (χ3v) is 5.15. The Morgan fingerprint density at radius 1 is 1.16 bits per heavy atom. The predicted octanol–water partition coefficient (Wildman–Crippen LogP) is 3.17. The van der Waals surface area contributed by atoms with E-state index in [4.69, 9.17) is 9.47 Å². The van der Waals surface area contributed by atoms with Crippen LogP contribution in [0.15, 0.2) is 48.7 Å². The van der Waals surface area contributed by atoms with Gasteiger partial charge < -0.3 is 9.47 Å². The number of ether oxygens (including phenoxy) is 2. The van der Waals surface area contributed by atoms with Crippen LogP contribution in [-0.2, 0) is 22.6 Å². The van der Waals surface area contributed by atoms with E-state index < -0.39 is 0 Å². The summed E-state index contributed by atoms with van der Waals surface area (Å²) < 4.78 is 26.1. The molecule has 1 aliphatic heterocycles. The summed E-state index contributed by atoms with van der Waals surface area (Å²) in [5.41, 5.74) is 1.69. The third kappa shape index (κ3) is 3.73. The number of halogens is 1. The molecule has 2 fully saturated rings. The number of hydrogen-bond donors (Lipinski definition) is 0. The fourth-order valence-electron chi connectivity index (χ4n) is 3.89. The zero-order chi connectivity index (χ0) is 17.1. The Bertz CT molecular complexity index is 697. The second-order valence-electron chi connectivity index (χ2n) is 6.71. The first-order valence-corrected chi connectivity index (χ1v) is 8.92.